The number of hydrogen-bond acceptors (Lipinski definition) is 1. The molecule has 1 N–H and O–H groups in total. The van der Waals surface area contributed by atoms with Crippen molar-refractivity contribution in [1.29, 1.82) is 0 Å². The van der Waals surface area contributed by atoms with Gasteiger partial charge in [0.1, 0.15) is 0 Å². The van der Waals surface area contributed by atoms with Crippen LogP contribution in [-0.4, -0.2) is 12.6 Å². The Balaban J connectivity index is 2.15. The van der Waals surface area contributed by atoms with Crippen molar-refractivity contribution in [3.8, 4) is 0 Å². The fraction of sp³-hybridized carbons (Fsp3) is 1.00. The van der Waals surface area contributed by atoms with Crippen LogP contribution in [0.5, 0.6) is 0 Å². The van der Waals surface area contributed by atoms with Crippen LogP contribution < -0.4 is 5.32 Å². The van der Waals surface area contributed by atoms with E-state index in [1.165, 1.54) is 51.5 Å². The van der Waals surface area contributed by atoms with E-state index in [1.807, 2.05) is 0 Å². The normalized spacial score (nSPS) is 28.2. The summed E-state index contributed by atoms with van der Waals surface area (Å²) in [7, 11) is 0. The highest BCUT2D eigenvalue weighted by atomic mass is 14.9. The molecule has 3 unspecified atom stereocenters. The summed E-state index contributed by atoms with van der Waals surface area (Å²) in [5.41, 5.74) is 0. The predicted molar refractivity (Wildman–Crippen MR) is 68.1 cm³/mol. The first-order valence-corrected chi connectivity index (χ1v) is 7.01. The van der Waals surface area contributed by atoms with Gasteiger partial charge in [0.05, 0.1) is 0 Å². The van der Waals surface area contributed by atoms with E-state index >= 15 is 0 Å². The van der Waals surface area contributed by atoms with Crippen LogP contribution in [0.25, 0.3) is 0 Å². The summed E-state index contributed by atoms with van der Waals surface area (Å²) in [5.74, 6) is 1.92. The summed E-state index contributed by atoms with van der Waals surface area (Å²) in [5, 5.41) is 3.78. The van der Waals surface area contributed by atoms with Gasteiger partial charge in [0.25, 0.3) is 0 Å². The average molecular weight is 211 g/mol. The van der Waals surface area contributed by atoms with Crippen LogP contribution in [-0.2, 0) is 0 Å². The molecule has 1 rings (SSSR count). The van der Waals surface area contributed by atoms with Gasteiger partial charge in [-0.1, -0.05) is 46.5 Å². The maximum absolute atomic E-state index is 3.78. The smallest absolute Gasteiger partial charge is 0.00645 e. The Morgan fingerprint density at radius 1 is 1.27 bits per heavy atom. The number of unbranched alkanes of at least 4 members (excludes halogenated alkanes) is 1. The van der Waals surface area contributed by atoms with Crippen molar-refractivity contribution in [2.75, 3.05) is 6.54 Å². The van der Waals surface area contributed by atoms with Gasteiger partial charge in [-0.25, -0.2) is 0 Å². The molecule has 0 saturated heterocycles. The van der Waals surface area contributed by atoms with Crippen molar-refractivity contribution in [2.45, 2.75) is 71.8 Å². The van der Waals surface area contributed by atoms with E-state index in [0.717, 1.165) is 17.9 Å². The van der Waals surface area contributed by atoms with Crippen molar-refractivity contribution in [3.05, 3.63) is 0 Å². The zero-order chi connectivity index (χ0) is 11.1. The van der Waals surface area contributed by atoms with Crippen LogP contribution >= 0.6 is 0 Å². The third kappa shape index (κ3) is 4.55. The van der Waals surface area contributed by atoms with Crippen LogP contribution in [0.1, 0.15) is 65.7 Å². The molecule has 0 radical (unpaired) electrons. The van der Waals surface area contributed by atoms with E-state index in [9.17, 15) is 0 Å². The Kier molecular flexibility index (Phi) is 6.31. The lowest BCUT2D eigenvalue weighted by molar-refractivity contribution is 0.351. The molecule has 0 amide bonds. The van der Waals surface area contributed by atoms with Gasteiger partial charge < -0.3 is 5.32 Å². The van der Waals surface area contributed by atoms with Gasteiger partial charge in [0.2, 0.25) is 0 Å². The van der Waals surface area contributed by atoms with Gasteiger partial charge in [0.15, 0.2) is 0 Å². The van der Waals surface area contributed by atoms with Crippen molar-refractivity contribution in [1.82, 2.24) is 5.32 Å². The van der Waals surface area contributed by atoms with E-state index < -0.39 is 0 Å². The fourth-order valence-corrected chi connectivity index (χ4v) is 2.74. The molecule has 15 heavy (non-hydrogen) atoms. The molecule has 0 aromatic heterocycles. The third-order valence-electron chi connectivity index (χ3n) is 4.11. The van der Waals surface area contributed by atoms with Crippen LogP contribution in [0.3, 0.4) is 0 Å². The van der Waals surface area contributed by atoms with Crippen molar-refractivity contribution in [2.24, 2.45) is 11.8 Å². The molecule has 1 aliphatic rings. The Morgan fingerprint density at radius 2 is 2.07 bits per heavy atom. The van der Waals surface area contributed by atoms with Crippen LogP contribution in [0.2, 0.25) is 0 Å². The second-order valence-electron chi connectivity index (χ2n) is 5.32. The van der Waals surface area contributed by atoms with Gasteiger partial charge in [-0.3, -0.25) is 0 Å². The highest BCUT2D eigenvalue weighted by Gasteiger charge is 2.23. The van der Waals surface area contributed by atoms with E-state index in [2.05, 4.69) is 26.1 Å². The van der Waals surface area contributed by atoms with E-state index in [0.29, 0.717) is 0 Å². The molecular formula is C14H29N. The first-order chi connectivity index (χ1) is 7.27. The molecule has 1 fully saturated rings. The van der Waals surface area contributed by atoms with Gasteiger partial charge in [-0.05, 0) is 37.6 Å². The summed E-state index contributed by atoms with van der Waals surface area (Å²) in [6.07, 6.45) is 9.74. The number of hydrogen-bond donors (Lipinski definition) is 1. The zero-order valence-corrected chi connectivity index (χ0v) is 10.9. The Hall–Kier alpha value is -0.0400. The summed E-state index contributed by atoms with van der Waals surface area (Å²) in [6, 6.07) is 0.776. The van der Waals surface area contributed by atoms with Gasteiger partial charge in [-0.2, -0.15) is 0 Å². The van der Waals surface area contributed by atoms with E-state index in [1.54, 1.807) is 0 Å². The Labute approximate surface area is 96.0 Å². The largest absolute Gasteiger partial charge is 0.314 e. The van der Waals surface area contributed by atoms with Gasteiger partial charge >= 0.3 is 0 Å². The van der Waals surface area contributed by atoms with E-state index in [4.69, 9.17) is 0 Å². The Morgan fingerprint density at radius 3 is 2.60 bits per heavy atom. The summed E-state index contributed by atoms with van der Waals surface area (Å²) < 4.78 is 0. The minimum Gasteiger partial charge on any atom is -0.314 e. The van der Waals surface area contributed by atoms with Crippen molar-refractivity contribution >= 4 is 0 Å². The molecule has 0 heterocycles. The molecule has 1 heteroatoms. The molecule has 1 nitrogen and oxygen atoms in total. The molecule has 0 aliphatic heterocycles. The lowest BCUT2D eigenvalue weighted by atomic mass is 9.97. The van der Waals surface area contributed by atoms with E-state index in [-0.39, 0.29) is 0 Å². The molecule has 90 valence electrons. The molecule has 0 spiro atoms. The van der Waals surface area contributed by atoms with Crippen LogP contribution in [0.15, 0.2) is 0 Å². The molecule has 0 aromatic carbocycles. The SMILES string of the molecule is CCCCC(CC)NCC1CCCC1C. The molecule has 1 aliphatic carbocycles. The first-order valence-electron chi connectivity index (χ1n) is 7.01. The standard InChI is InChI=1S/C14H29N/c1-4-6-10-14(5-2)15-11-13-9-7-8-12(13)3/h12-15H,4-11H2,1-3H3. The van der Waals surface area contributed by atoms with Crippen LogP contribution in [0, 0.1) is 11.8 Å². The molecule has 0 bridgehead atoms. The Bertz CT molecular complexity index is 155. The van der Waals surface area contributed by atoms with Gasteiger partial charge in [-0.15, -0.1) is 0 Å². The maximum Gasteiger partial charge on any atom is 0.00645 e. The quantitative estimate of drug-likeness (QED) is 0.671. The lowest BCUT2D eigenvalue weighted by Crippen LogP contribution is -2.33. The highest BCUT2D eigenvalue weighted by molar-refractivity contribution is 4.77. The first kappa shape index (κ1) is 13.0. The minimum absolute atomic E-state index is 0.776. The zero-order valence-electron chi connectivity index (χ0n) is 10.9. The topological polar surface area (TPSA) is 12.0 Å². The van der Waals surface area contributed by atoms with Crippen molar-refractivity contribution in [3.63, 3.8) is 0 Å². The lowest BCUT2D eigenvalue weighted by Gasteiger charge is -2.21. The maximum atomic E-state index is 3.78. The summed E-state index contributed by atoms with van der Waals surface area (Å²) in [4.78, 5) is 0. The predicted octanol–water partition coefficient (Wildman–Crippen LogP) is 3.98. The molecule has 1 saturated carbocycles. The summed E-state index contributed by atoms with van der Waals surface area (Å²) in [6.45, 7) is 8.28. The monoisotopic (exact) mass is 211 g/mol. The summed E-state index contributed by atoms with van der Waals surface area (Å²) >= 11 is 0. The molecule has 3 atom stereocenters. The van der Waals surface area contributed by atoms with Gasteiger partial charge in [0, 0.05) is 6.04 Å². The highest BCUT2D eigenvalue weighted by Crippen LogP contribution is 2.30. The second-order valence-corrected chi connectivity index (χ2v) is 5.32. The van der Waals surface area contributed by atoms with Crippen LogP contribution in [0.4, 0.5) is 0 Å². The number of nitrogens with one attached hydrogen (secondary N) is 1. The minimum atomic E-state index is 0.776. The third-order valence-corrected chi connectivity index (χ3v) is 4.11. The van der Waals surface area contributed by atoms with Crippen molar-refractivity contribution < 1.29 is 0 Å². The molecule has 0 aromatic rings. The average Bonchev–Trinajstić information content (AvgIpc) is 2.65. The number of rotatable bonds is 7. The molecular weight excluding hydrogens is 182 g/mol. The fourth-order valence-electron chi connectivity index (χ4n) is 2.74. The second kappa shape index (κ2) is 7.27.